The van der Waals surface area contributed by atoms with Crippen molar-refractivity contribution in [2.24, 2.45) is 0 Å². The van der Waals surface area contributed by atoms with E-state index in [9.17, 15) is 4.79 Å². The summed E-state index contributed by atoms with van der Waals surface area (Å²) in [5.74, 6) is -0.242. The Balaban J connectivity index is 1.58. The van der Waals surface area contributed by atoms with Gasteiger partial charge < -0.3 is 10.2 Å². The Morgan fingerprint density at radius 1 is 1.42 bits per heavy atom. The van der Waals surface area contributed by atoms with Crippen LogP contribution in [0.1, 0.15) is 16.9 Å². The Morgan fingerprint density at radius 3 is 3.04 bits per heavy atom. The molecule has 8 nitrogen and oxygen atoms in total. The highest BCUT2D eigenvalue weighted by Crippen LogP contribution is 2.22. The average molecular weight is 345 g/mol. The Labute approximate surface area is 143 Å². The number of nitrogens with zero attached hydrogens (tertiary/aromatic N) is 5. The summed E-state index contributed by atoms with van der Waals surface area (Å²) < 4.78 is 1.83. The van der Waals surface area contributed by atoms with E-state index in [1.807, 2.05) is 25.0 Å². The lowest BCUT2D eigenvalue weighted by molar-refractivity contribution is 0.102. The molecule has 0 radical (unpaired) electrons. The summed E-state index contributed by atoms with van der Waals surface area (Å²) >= 11 is 1.41. The maximum atomic E-state index is 12.3. The zero-order valence-electron chi connectivity index (χ0n) is 13.6. The predicted molar refractivity (Wildman–Crippen MR) is 93.0 cm³/mol. The number of amides is 1. The molecule has 3 aromatic rings. The Hall–Kier alpha value is -2.52. The monoisotopic (exact) mass is 345 g/mol. The second kappa shape index (κ2) is 7.37. The second-order valence-corrected chi connectivity index (χ2v) is 6.49. The van der Waals surface area contributed by atoms with Gasteiger partial charge in [-0.05, 0) is 27.1 Å². The maximum Gasteiger partial charge on any atom is 0.275 e. The molecule has 0 aliphatic rings. The van der Waals surface area contributed by atoms with E-state index in [1.54, 1.807) is 24.0 Å². The fourth-order valence-corrected chi connectivity index (χ4v) is 2.95. The lowest BCUT2D eigenvalue weighted by Gasteiger charge is -2.08. The molecular formula is C15H19N7OS. The lowest BCUT2D eigenvalue weighted by Crippen LogP contribution is -2.15. The second-order valence-electron chi connectivity index (χ2n) is 5.63. The standard InChI is InChI=1S/C15H19N7OS/c1-21(2)4-3-5-22-9-12(8-18-22)19-14(23)13-10-24-15(20-13)11-6-16-17-7-11/h6-10H,3-5H2,1-2H3,(H,16,17)(H,19,23). The first-order valence-electron chi connectivity index (χ1n) is 7.55. The largest absolute Gasteiger partial charge is 0.318 e. The van der Waals surface area contributed by atoms with Gasteiger partial charge in [0.15, 0.2) is 0 Å². The average Bonchev–Trinajstić information content (AvgIpc) is 3.28. The number of carbonyl (C=O) groups excluding carboxylic acids is 1. The van der Waals surface area contributed by atoms with Gasteiger partial charge in [-0.3, -0.25) is 14.6 Å². The van der Waals surface area contributed by atoms with Gasteiger partial charge in [0.25, 0.3) is 5.91 Å². The first kappa shape index (κ1) is 16.3. The summed E-state index contributed by atoms with van der Waals surface area (Å²) in [7, 11) is 4.08. The summed E-state index contributed by atoms with van der Waals surface area (Å²) in [4.78, 5) is 18.7. The quantitative estimate of drug-likeness (QED) is 0.683. The molecule has 3 heterocycles. The van der Waals surface area contributed by atoms with Crippen molar-refractivity contribution in [3.8, 4) is 10.6 Å². The van der Waals surface area contributed by atoms with Crippen LogP contribution in [0.5, 0.6) is 0 Å². The molecule has 0 spiro atoms. The zero-order chi connectivity index (χ0) is 16.9. The predicted octanol–water partition coefficient (Wildman–Crippen LogP) is 1.93. The van der Waals surface area contributed by atoms with Gasteiger partial charge in [-0.15, -0.1) is 11.3 Å². The minimum atomic E-state index is -0.242. The smallest absolute Gasteiger partial charge is 0.275 e. The van der Waals surface area contributed by atoms with E-state index in [0.717, 1.165) is 30.1 Å². The molecule has 0 aliphatic heterocycles. The normalized spacial score (nSPS) is 11.1. The van der Waals surface area contributed by atoms with E-state index in [4.69, 9.17) is 0 Å². The van der Waals surface area contributed by atoms with Crippen LogP contribution in [-0.2, 0) is 6.54 Å². The minimum absolute atomic E-state index is 0.242. The lowest BCUT2D eigenvalue weighted by atomic mass is 10.4. The van der Waals surface area contributed by atoms with Crippen LogP contribution in [0.25, 0.3) is 10.6 Å². The molecule has 3 rings (SSSR count). The number of aromatic nitrogens is 5. The van der Waals surface area contributed by atoms with Crippen LogP contribution in [0.3, 0.4) is 0 Å². The van der Waals surface area contributed by atoms with E-state index in [2.05, 4.69) is 30.5 Å². The molecule has 0 unspecified atom stereocenters. The topological polar surface area (TPSA) is 91.7 Å². The van der Waals surface area contributed by atoms with Crippen molar-refractivity contribution in [3.63, 3.8) is 0 Å². The number of thiazole rings is 1. The van der Waals surface area contributed by atoms with Crippen molar-refractivity contribution in [2.45, 2.75) is 13.0 Å². The van der Waals surface area contributed by atoms with E-state index in [-0.39, 0.29) is 5.91 Å². The number of anilines is 1. The SMILES string of the molecule is CN(C)CCCn1cc(NC(=O)c2csc(-c3cn[nH]c3)n2)cn1. The molecule has 0 atom stereocenters. The minimum Gasteiger partial charge on any atom is -0.318 e. The molecule has 0 bridgehead atoms. The van der Waals surface area contributed by atoms with E-state index >= 15 is 0 Å². The van der Waals surface area contributed by atoms with Crippen LogP contribution in [0.4, 0.5) is 5.69 Å². The van der Waals surface area contributed by atoms with E-state index in [1.165, 1.54) is 11.3 Å². The van der Waals surface area contributed by atoms with Gasteiger partial charge in [-0.1, -0.05) is 0 Å². The van der Waals surface area contributed by atoms with E-state index < -0.39 is 0 Å². The highest BCUT2D eigenvalue weighted by atomic mass is 32.1. The highest BCUT2D eigenvalue weighted by molar-refractivity contribution is 7.13. The van der Waals surface area contributed by atoms with Crippen LogP contribution < -0.4 is 5.32 Å². The van der Waals surface area contributed by atoms with Gasteiger partial charge in [0.2, 0.25) is 0 Å². The number of nitrogens with one attached hydrogen (secondary N) is 2. The van der Waals surface area contributed by atoms with Gasteiger partial charge in [-0.25, -0.2) is 4.98 Å². The summed E-state index contributed by atoms with van der Waals surface area (Å²) in [5, 5.41) is 16.2. The van der Waals surface area contributed by atoms with Crippen LogP contribution in [-0.4, -0.2) is 56.4 Å². The zero-order valence-corrected chi connectivity index (χ0v) is 14.4. The third-order valence-corrected chi connectivity index (χ3v) is 4.26. The van der Waals surface area contributed by atoms with Crippen molar-refractivity contribution in [2.75, 3.05) is 26.0 Å². The fraction of sp³-hybridized carbons (Fsp3) is 0.333. The summed E-state index contributed by atoms with van der Waals surface area (Å²) in [6.45, 7) is 1.81. The van der Waals surface area contributed by atoms with Crippen molar-refractivity contribution >= 4 is 22.9 Å². The number of H-pyrrole nitrogens is 1. The highest BCUT2D eigenvalue weighted by Gasteiger charge is 2.13. The molecule has 0 aliphatic carbocycles. The molecule has 3 aromatic heterocycles. The molecule has 9 heteroatoms. The number of aryl methyl sites for hydroxylation is 1. The van der Waals surface area contributed by atoms with Crippen molar-refractivity contribution in [1.29, 1.82) is 0 Å². The number of aromatic amines is 1. The third-order valence-electron chi connectivity index (χ3n) is 3.37. The molecule has 0 fully saturated rings. The first-order chi connectivity index (χ1) is 11.6. The fourth-order valence-electron chi connectivity index (χ4n) is 2.17. The van der Waals surface area contributed by atoms with Gasteiger partial charge in [0.1, 0.15) is 10.7 Å². The van der Waals surface area contributed by atoms with Gasteiger partial charge >= 0.3 is 0 Å². The van der Waals surface area contributed by atoms with Gasteiger partial charge in [-0.2, -0.15) is 10.2 Å². The van der Waals surface area contributed by atoms with Crippen LogP contribution in [0, 0.1) is 0 Å². The third kappa shape index (κ3) is 4.06. The van der Waals surface area contributed by atoms with E-state index in [0.29, 0.717) is 11.4 Å². The first-order valence-corrected chi connectivity index (χ1v) is 8.43. The molecule has 0 saturated heterocycles. The summed E-state index contributed by atoms with van der Waals surface area (Å²) in [6.07, 6.45) is 7.91. The van der Waals surface area contributed by atoms with Crippen molar-refractivity contribution in [1.82, 2.24) is 29.9 Å². The van der Waals surface area contributed by atoms with Gasteiger partial charge in [0.05, 0.1) is 18.1 Å². The maximum absolute atomic E-state index is 12.3. The molecule has 0 saturated carbocycles. The number of hydrogen-bond acceptors (Lipinski definition) is 6. The van der Waals surface area contributed by atoms with Crippen LogP contribution in [0.2, 0.25) is 0 Å². The summed E-state index contributed by atoms with van der Waals surface area (Å²) in [6, 6.07) is 0. The number of carbonyl (C=O) groups is 1. The van der Waals surface area contributed by atoms with Gasteiger partial charge in [0, 0.05) is 29.9 Å². The number of hydrogen-bond donors (Lipinski definition) is 2. The Bertz CT molecular complexity index is 790. The molecule has 0 aromatic carbocycles. The van der Waals surface area contributed by atoms with Crippen LogP contribution in [0.15, 0.2) is 30.2 Å². The van der Waals surface area contributed by atoms with Crippen molar-refractivity contribution < 1.29 is 4.79 Å². The molecular weight excluding hydrogens is 326 g/mol. The van der Waals surface area contributed by atoms with Crippen molar-refractivity contribution in [3.05, 3.63) is 35.9 Å². The molecule has 126 valence electrons. The number of rotatable bonds is 7. The molecule has 2 N–H and O–H groups in total. The Kier molecular flexibility index (Phi) is 5.02. The summed E-state index contributed by atoms with van der Waals surface area (Å²) in [5.41, 5.74) is 1.92. The van der Waals surface area contributed by atoms with Crippen LogP contribution >= 0.6 is 11.3 Å². The Morgan fingerprint density at radius 2 is 2.29 bits per heavy atom. The molecule has 1 amide bonds. The molecule has 24 heavy (non-hydrogen) atoms.